The SMILES string of the molecule is CCC(C)Nc1ccc(N)cc1F. The molecule has 0 aliphatic rings. The lowest BCUT2D eigenvalue weighted by atomic mass is 10.2. The lowest BCUT2D eigenvalue weighted by Crippen LogP contribution is -2.14. The maximum Gasteiger partial charge on any atom is 0.148 e. The third-order valence-electron chi connectivity index (χ3n) is 2.01. The fourth-order valence-corrected chi connectivity index (χ4v) is 1.02. The highest BCUT2D eigenvalue weighted by molar-refractivity contribution is 5.52. The van der Waals surface area contributed by atoms with Crippen LogP contribution in [-0.2, 0) is 0 Å². The average molecular weight is 182 g/mol. The predicted octanol–water partition coefficient (Wildman–Crippen LogP) is 2.62. The number of nitrogens with two attached hydrogens (primary N) is 1. The maximum atomic E-state index is 13.2. The second-order valence-electron chi connectivity index (χ2n) is 3.19. The molecule has 0 radical (unpaired) electrons. The van der Waals surface area contributed by atoms with Gasteiger partial charge >= 0.3 is 0 Å². The van der Waals surface area contributed by atoms with Crippen molar-refractivity contribution in [2.24, 2.45) is 0 Å². The van der Waals surface area contributed by atoms with Gasteiger partial charge in [0.1, 0.15) is 5.82 Å². The van der Waals surface area contributed by atoms with Gasteiger partial charge in [0.2, 0.25) is 0 Å². The molecule has 0 spiro atoms. The summed E-state index contributed by atoms with van der Waals surface area (Å²) in [6.45, 7) is 4.06. The zero-order valence-corrected chi connectivity index (χ0v) is 7.97. The number of rotatable bonds is 3. The third-order valence-corrected chi connectivity index (χ3v) is 2.01. The van der Waals surface area contributed by atoms with Gasteiger partial charge in [0.15, 0.2) is 0 Å². The molecular formula is C10H15FN2. The molecule has 0 fully saturated rings. The van der Waals surface area contributed by atoms with Gasteiger partial charge < -0.3 is 11.1 Å². The number of halogens is 1. The first kappa shape index (κ1) is 9.84. The van der Waals surface area contributed by atoms with Crippen LogP contribution >= 0.6 is 0 Å². The molecule has 0 aliphatic heterocycles. The van der Waals surface area contributed by atoms with Gasteiger partial charge in [0, 0.05) is 11.7 Å². The first-order valence-electron chi connectivity index (χ1n) is 4.45. The second-order valence-corrected chi connectivity index (χ2v) is 3.19. The summed E-state index contributed by atoms with van der Waals surface area (Å²) in [5, 5.41) is 3.06. The van der Waals surface area contributed by atoms with Crippen molar-refractivity contribution in [3.63, 3.8) is 0 Å². The Morgan fingerprint density at radius 2 is 2.23 bits per heavy atom. The van der Waals surface area contributed by atoms with Crippen molar-refractivity contribution in [3.05, 3.63) is 24.0 Å². The van der Waals surface area contributed by atoms with Crippen molar-refractivity contribution in [1.82, 2.24) is 0 Å². The van der Waals surface area contributed by atoms with E-state index < -0.39 is 0 Å². The van der Waals surface area contributed by atoms with Crippen LogP contribution in [0.15, 0.2) is 18.2 Å². The molecule has 0 bridgehead atoms. The Hall–Kier alpha value is -1.25. The topological polar surface area (TPSA) is 38.0 Å². The van der Waals surface area contributed by atoms with Crippen LogP contribution < -0.4 is 11.1 Å². The van der Waals surface area contributed by atoms with Crippen LogP contribution in [-0.4, -0.2) is 6.04 Å². The summed E-state index contributed by atoms with van der Waals surface area (Å²) in [5.41, 5.74) is 6.39. The Morgan fingerprint density at radius 3 is 2.77 bits per heavy atom. The molecule has 0 saturated heterocycles. The molecule has 72 valence electrons. The normalized spacial score (nSPS) is 12.5. The Bertz CT molecular complexity index is 286. The monoisotopic (exact) mass is 182 g/mol. The van der Waals surface area contributed by atoms with Crippen LogP contribution in [0.1, 0.15) is 20.3 Å². The van der Waals surface area contributed by atoms with Gasteiger partial charge in [0.05, 0.1) is 5.69 Å². The Morgan fingerprint density at radius 1 is 1.54 bits per heavy atom. The molecule has 0 aromatic heterocycles. The van der Waals surface area contributed by atoms with E-state index in [1.807, 2.05) is 13.8 Å². The smallest absolute Gasteiger partial charge is 0.148 e. The number of hydrogen-bond donors (Lipinski definition) is 2. The van der Waals surface area contributed by atoms with Crippen molar-refractivity contribution in [2.75, 3.05) is 11.1 Å². The molecule has 0 aliphatic carbocycles. The Labute approximate surface area is 77.9 Å². The predicted molar refractivity (Wildman–Crippen MR) is 54.2 cm³/mol. The maximum absolute atomic E-state index is 13.2. The van der Waals surface area contributed by atoms with E-state index in [0.29, 0.717) is 11.4 Å². The summed E-state index contributed by atoms with van der Waals surface area (Å²) < 4.78 is 13.2. The van der Waals surface area contributed by atoms with Crippen molar-refractivity contribution in [2.45, 2.75) is 26.3 Å². The van der Waals surface area contributed by atoms with E-state index in [1.165, 1.54) is 6.07 Å². The molecule has 0 amide bonds. The highest BCUT2D eigenvalue weighted by atomic mass is 19.1. The van der Waals surface area contributed by atoms with Gasteiger partial charge in [-0.15, -0.1) is 0 Å². The van der Waals surface area contributed by atoms with E-state index >= 15 is 0 Å². The third kappa shape index (κ3) is 2.61. The van der Waals surface area contributed by atoms with E-state index in [0.717, 1.165) is 6.42 Å². The number of anilines is 2. The highest BCUT2D eigenvalue weighted by Crippen LogP contribution is 2.17. The molecule has 3 heteroatoms. The van der Waals surface area contributed by atoms with Crippen LogP contribution in [0.4, 0.5) is 15.8 Å². The molecule has 1 aromatic carbocycles. The lowest BCUT2D eigenvalue weighted by Gasteiger charge is -2.13. The average Bonchev–Trinajstić information content (AvgIpc) is 2.09. The molecule has 2 nitrogen and oxygen atoms in total. The summed E-state index contributed by atoms with van der Waals surface area (Å²) in [6, 6.07) is 4.95. The fourth-order valence-electron chi connectivity index (χ4n) is 1.02. The molecule has 1 unspecified atom stereocenters. The van der Waals surface area contributed by atoms with E-state index in [4.69, 9.17) is 5.73 Å². The number of benzene rings is 1. The van der Waals surface area contributed by atoms with Crippen LogP contribution in [0.5, 0.6) is 0 Å². The van der Waals surface area contributed by atoms with Gasteiger partial charge in [-0.25, -0.2) is 4.39 Å². The van der Waals surface area contributed by atoms with Crippen LogP contribution in [0.3, 0.4) is 0 Å². The summed E-state index contributed by atoms with van der Waals surface area (Å²) in [7, 11) is 0. The molecule has 0 saturated carbocycles. The fraction of sp³-hybridized carbons (Fsp3) is 0.400. The summed E-state index contributed by atoms with van der Waals surface area (Å²) in [4.78, 5) is 0. The Balaban J connectivity index is 2.77. The van der Waals surface area contributed by atoms with Crippen molar-refractivity contribution >= 4 is 11.4 Å². The minimum Gasteiger partial charge on any atom is -0.399 e. The van der Waals surface area contributed by atoms with Gasteiger partial charge in [0.25, 0.3) is 0 Å². The standard InChI is InChI=1S/C10H15FN2/c1-3-7(2)13-10-5-4-8(12)6-9(10)11/h4-7,13H,3,12H2,1-2H3. The molecule has 13 heavy (non-hydrogen) atoms. The van der Waals surface area contributed by atoms with Gasteiger partial charge in [-0.2, -0.15) is 0 Å². The van der Waals surface area contributed by atoms with E-state index in [2.05, 4.69) is 5.32 Å². The first-order chi connectivity index (χ1) is 6.13. The zero-order chi connectivity index (χ0) is 9.84. The van der Waals surface area contributed by atoms with Crippen LogP contribution in [0, 0.1) is 5.82 Å². The molecular weight excluding hydrogens is 167 g/mol. The van der Waals surface area contributed by atoms with Gasteiger partial charge in [-0.3, -0.25) is 0 Å². The second kappa shape index (κ2) is 4.12. The molecule has 1 aromatic rings. The van der Waals surface area contributed by atoms with Gasteiger partial charge in [-0.1, -0.05) is 6.92 Å². The number of hydrogen-bond acceptors (Lipinski definition) is 2. The molecule has 1 atom stereocenters. The van der Waals surface area contributed by atoms with Crippen LogP contribution in [0.2, 0.25) is 0 Å². The highest BCUT2D eigenvalue weighted by Gasteiger charge is 2.04. The van der Waals surface area contributed by atoms with Crippen LogP contribution in [0.25, 0.3) is 0 Å². The minimum atomic E-state index is -0.291. The summed E-state index contributed by atoms with van der Waals surface area (Å²) in [5.74, 6) is -0.291. The van der Waals surface area contributed by atoms with Crippen molar-refractivity contribution in [1.29, 1.82) is 0 Å². The molecule has 0 heterocycles. The van der Waals surface area contributed by atoms with Crippen molar-refractivity contribution in [3.8, 4) is 0 Å². The number of nitrogens with one attached hydrogen (secondary N) is 1. The first-order valence-corrected chi connectivity index (χ1v) is 4.45. The van der Waals surface area contributed by atoms with E-state index in [9.17, 15) is 4.39 Å². The minimum absolute atomic E-state index is 0.276. The quantitative estimate of drug-likeness (QED) is 0.705. The number of nitrogen functional groups attached to an aromatic ring is 1. The van der Waals surface area contributed by atoms with Crippen molar-refractivity contribution < 1.29 is 4.39 Å². The Kier molecular flexibility index (Phi) is 3.12. The van der Waals surface area contributed by atoms with Gasteiger partial charge in [-0.05, 0) is 31.5 Å². The van der Waals surface area contributed by atoms with E-state index in [-0.39, 0.29) is 11.9 Å². The molecule has 1 rings (SSSR count). The zero-order valence-electron chi connectivity index (χ0n) is 7.97. The summed E-state index contributed by atoms with van der Waals surface area (Å²) >= 11 is 0. The lowest BCUT2D eigenvalue weighted by molar-refractivity contribution is 0.625. The summed E-state index contributed by atoms with van der Waals surface area (Å²) in [6.07, 6.45) is 0.962. The molecule has 3 N–H and O–H groups in total. The largest absolute Gasteiger partial charge is 0.399 e. The van der Waals surface area contributed by atoms with E-state index in [1.54, 1.807) is 12.1 Å².